The minimum atomic E-state index is -0.101. The number of para-hydroxylation sites is 2. The summed E-state index contributed by atoms with van der Waals surface area (Å²) in [6, 6.07) is 66.1. The molecule has 0 fully saturated rings. The molecule has 9 aromatic carbocycles. The molecule has 0 spiro atoms. The quantitative estimate of drug-likeness (QED) is 0.169. The second-order valence-electron chi connectivity index (χ2n) is 16.5. The van der Waals surface area contributed by atoms with Gasteiger partial charge in [0.2, 0.25) is 0 Å². The number of rotatable bonds is 3. The predicted octanol–water partition coefficient (Wildman–Crippen LogP) is 14.1. The molecule has 3 aromatic heterocycles. The average Bonchev–Trinajstić information content (AvgIpc) is 3.87. The van der Waals surface area contributed by atoms with E-state index in [2.05, 4.69) is 205 Å². The average molecular weight is 753 g/mol. The van der Waals surface area contributed by atoms with Crippen LogP contribution in [0.15, 0.2) is 182 Å². The highest BCUT2D eigenvalue weighted by molar-refractivity contribution is 6.24. The van der Waals surface area contributed by atoms with Gasteiger partial charge in [0.15, 0.2) is 5.82 Å². The molecule has 0 saturated heterocycles. The molecule has 0 radical (unpaired) electrons. The Balaban J connectivity index is 1.14. The van der Waals surface area contributed by atoms with Crippen LogP contribution < -0.4 is 0 Å². The van der Waals surface area contributed by atoms with E-state index in [0.717, 1.165) is 49.9 Å². The van der Waals surface area contributed by atoms with E-state index in [0.29, 0.717) is 0 Å². The second kappa shape index (κ2) is 11.7. The Morgan fingerprint density at radius 1 is 0.373 bits per heavy atom. The number of hydrogen-bond donors (Lipinski definition) is 0. The van der Waals surface area contributed by atoms with Crippen molar-refractivity contribution in [2.24, 2.45) is 0 Å². The van der Waals surface area contributed by atoms with Crippen LogP contribution in [0, 0.1) is 0 Å². The van der Waals surface area contributed by atoms with E-state index in [1.165, 1.54) is 71.3 Å². The largest absolute Gasteiger partial charge is 0.309 e. The molecular weight excluding hydrogens is 717 g/mol. The van der Waals surface area contributed by atoms with Gasteiger partial charge in [-0.15, -0.1) is 0 Å². The molecule has 13 rings (SSSR count). The number of hydrogen-bond acceptors (Lipinski definition) is 2. The Bertz CT molecular complexity index is 3750. The van der Waals surface area contributed by atoms with Gasteiger partial charge in [0.25, 0.3) is 0 Å². The molecule has 0 aliphatic heterocycles. The third-order valence-electron chi connectivity index (χ3n) is 13.1. The molecule has 59 heavy (non-hydrogen) atoms. The van der Waals surface area contributed by atoms with Crippen molar-refractivity contribution in [2.75, 3.05) is 0 Å². The summed E-state index contributed by atoms with van der Waals surface area (Å²) < 4.78 is 4.84. The molecule has 4 nitrogen and oxygen atoms in total. The monoisotopic (exact) mass is 752 g/mol. The summed E-state index contributed by atoms with van der Waals surface area (Å²) in [4.78, 5) is 11.3. The Labute approximate surface area is 340 Å². The highest BCUT2D eigenvalue weighted by Gasteiger charge is 2.35. The lowest BCUT2D eigenvalue weighted by Crippen LogP contribution is -2.15. The van der Waals surface area contributed by atoms with Crippen LogP contribution in [0.5, 0.6) is 0 Å². The lowest BCUT2D eigenvalue weighted by Gasteiger charge is -2.22. The van der Waals surface area contributed by atoms with Crippen LogP contribution in [0.1, 0.15) is 25.0 Å². The Hall–Kier alpha value is -7.56. The third kappa shape index (κ3) is 4.38. The van der Waals surface area contributed by atoms with E-state index in [1.807, 2.05) is 0 Å². The zero-order chi connectivity index (χ0) is 39.0. The summed E-state index contributed by atoms with van der Waals surface area (Å²) in [5.41, 5.74) is 14.7. The van der Waals surface area contributed by atoms with Crippen LogP contribution >= 0.6 is 0 Å². The van der Waals surface area contributed by atoms with Crippen LogP contribution in [0.4, 0.5) is 0 Å². The Morgan fingerprint density at radius 2 is 0.881 bits per heavy atom. The Morgan fingerprint density at radius 3 is 1.56 bits per heavy atom. The minimum absolute atomic E-state index is 0.101. The molecule has 0 saturated carbocycles. The van der Waals surface area contributed by atoms with E-state index >= 15 is 0 Å². The molecule has 4 heteroatoms. The van der Waals surface area contributed by atoms with Gasteiger partial charge in [-0.25, -0.2) is 9.97 Å². The summed E-state index contributed by atoms with van der Waals surface area (Å²) in [5.74, 6) is 0.818. The molecule has 1 aliphatic rings. The van der Waals surface area contributed by atoms with Crippen molar-refractivity contribution in [1.29, 1.82) is 0 Å². The fourth-order valence-electron chi connectivity index (χ4n) is 10.4. The lowest BCUT2D eigenvalue weighted by atomic mass is 9.82. The van der Waals surface area contributed by atoms with Crippen molar-refractivity contribution in [3.05, 3.63) is 193 Å². The zero-order valence-electron chi connectivity index (χ0n) is 32.6. The van der Waals surface area contributed by atoms with Crippen molar-refractivity contribution in [2.45, 2.75) is 19.3 Å². The molecule has 0 unspecified atom stereocenters. The van der Waals surface area contributed by atoms with Crippen LogP contribution in [0.2, 0.25) is 0 Å². The number of aromatic nitrogens is 4. The van der Waals surface area contributed by atoms with Gasteiger partial charge in [0.1, 0.15) is 5.69 Å². The van der Waals surface area contributed by atoms with Gasteiger partial charge in [-0.3, -0.25) is 4.57 Å². The van der Waals surface area contributed by atoms with Gasteiger partial charge in [-0.05, 0) is 69.4 Å². The SMILES string of the molecule is CC1(C)c2ccccc2-c2ccc(-n3c4ccccc4c4cc5c(cc43)c3ccccc3n5-c3nc4c5ccccc5c5ccccc5c4nc3-c3ccccc3)cc21. The molecule has 276 valence electrons. The van der Waals surface area contributed by atoms with Gasteiger partial charge >= 0.3 is 0 Å². The van der Waals surface area contributed by atoms with Gasteiger partial charge in [0, 0.05) is 49.0 Å². The maximum absolute atomic E-state index is 5.73. The molecule has 1 aliphatic carbocycles. The van der Waals surface area contributed by atoms with E-state index in [9.17, 15) is 0 Å². The van der Waals surface area contributed by atoms with E-state index in [1.54, 1.807) is 0 Å². The first-order chi connectivity index (χ1) is 29.0. The van der Waals surface area contributed by atoms with Crippen LogP contribution in [-0.4, -0.2) is 19.1 Å². The molecule has 0 N–H and O–H groups in total. The van der Waals surface area contributed by atoms with Crippen molar-refractivity contribution in [3.63, 3.8) is 0 Å². The maximum atomic E-state index is 5.73. The normalized spacial score (nSPS) is 13.4. The molecule has 0 atom stereocenters. The van der Waals surface area contributed by atoms with Crippen LogP contribution in [0.3, 0.4) is 0 Å². The number of fused-ring (bicyclic) bond motifs is 15. The number of benzene rings is 9. The van der Waals surface area contributed by atoms with Crippen LogP contribution in [-0.2, 0) is 5.41 Å². The van der Waals surface area contributed by atoms with E-state index in [-0.39, 0.29) is 5.41 Å². The van der Waals surface area contributed by atoms with E-state index < -0.39 is 0 Å². The highest BCUT2D eigenvalue weighted by Crippen LogP contribution is 2.50. The van der Waals surface area contributed by atoms with Crippen LogP contribution in [0.25, 0.3) is 110 Å². The number of nitrogens with zero attached hydrogens (tertiary/aromatic N) is 4. The van der Waals surface area contributed by atoms with Crippen molar-refractivity contribution in [1.82, 2.24) is 19.1 Å². The zero-order valence-corrected chi connectivity index (χ0v) is 32.6. The smallest absolute Gasteiger partial charge is 0.165 e. The molecular formula is C55H36N4. The summed E-state index contributed by atoms with van der Waals surface area (Å²) in [6.45, 7) is 4.72. The molecule has 12 aromatic rings. The lowest BCUT2D eigenvalue weighted by molar-refractivity contribution is 0.660. The molecule has 3 heterocycles. The second-order valence-corrected chi connectivity index (χ2v) is 16.5. The van der Waals surface area contributed by atoms with Crippen molar-refractivity contribution in [3.8, 4) is 33.9 Å². The molecule has 0 amide bonds. The predicted molar refractivity (Wildman–Crippen MR) is 246 cm³/mol. The van der Waals surface area contributed by atoms with E-state index in [4.69, 9.17) is 9.97 Å². The van der Waals surface area contributed by atoms with Gasteiger partial charge in [0.05, 0.1) is 33.1 Å². The Kier molecular flexibility index (Phi) is 6.48. The topological polar surface area (TPSA) is 35.6 Å². The van der Waals surface area contributed by atoms with Gasteiger partial charge in [-0.2, -0.15) is 0 Å². The van der Waals surface area contributed by atoms with Crippen molar-refractivity contribution < 1.29 is 0 Å². The highest BCUT2D eigenvalue weighted by atomic mass is 15.1. The van der Waals surface area contributed by atoms with Gasteiger partial charge in [-0.1, -0.05) is 159 Å². The first-order valence-corrected chi connectivity index (χ1v) is 20.4. The van der Waals surface area contributed by atoms with Gasteiger partial charge < -0.3 is 4.57 Å². The standard InChI is InChI=1S/C55H36N4/c1-55(2)45-25-13-10-20-37(45)38-29-28-34(30-46(38)55)58-47-26-14-11-21-39(47)43-32-50-44(31-49(43)58)40-22-12-15-27-48(40)59(50)54-51(33-16-4-3-5-17-33)56-52-41-23-8-6-18-35(41)36-19-7-9-24-42(36)53(52)57-54/h3-32H,1-2H3. The van der Waals surface area contributed by atoms with Crippen molar-refractivity contribution >= 4 is 76.2 Å². The summed E-state index contributed by atoms with van der Waals surface area (Å²) in [7, 11) is 0. The maximum Gasteiger partial charge on any atom is 0.165 e. The summed E-state index contributed by atoms with van der Waals surface area (Å²) in [6.07, 6.45) is 0. The fraction of sp³-hybridized carbons (Fsp3) is 0.0545. The fourth-order valence-corrected chi connectivity index (χ4v) is 10.4. The third-order valence-corrected chi connectivity index (χ3v) is 13.1. The first-order valence-electron chi connectivity index (χ1n) is 20.4. The minimum Gasteiger partial charge on any atom is -0.309 e. The first kappa shape index (κ1) is 32.5. The molecule has 0 bridgehead atoms. The summed E-state index contributed by atoms with van der Waals surface area (Å²) in [5, 5.41) is 9.34. The summed E-state index contributed by atoms with van der Waals surface area (Å²) >= 11 is 0.